The lowest BCUT2D eigenvalue weighted by molar-refractivity contribution is -0.122. The van der Waals surface area contributed by atoms with Crippen LogP contribution in [0.15, 0.2) is 42.7 Å². The summed E-state index contributed by atoms with van der Waals surface area (Å²) >= 11 is 0. The molecule has 0 saturated carbocycles. The normalized spacial score (nSPS) is 13.8. The van der Waals surface area contributed by atoms with Crippen molar-refractivity contribution in [2.75, 3.05) is 6.54 Å². The minimum Gasteiger partial charge on any atom is -0.349 e. The second kappa shape index (κ2) is 7.42. The lowest BCUT2D eigenvalue weighted by Crippen LogP contribution is -2.52. The standard InChI is InChI=1S/C18H26N4O/c1-14(2)12-18(3,13-19)21-17(23)11-15-5-7-16(8-6-15)22-10-4-9-20-22/h4-10,14H,11-13,19H2,1-3H3,(H,21,23). The van der Waals surface area contributed by atoms with Crippen molar-refractivity contribution in [2.24, 2.45) is 11.7 Å². The Morgan fingerprint density at radius 2 is 2.04 bits per heavy atom. The molecule has 2 aromatic rings. The molecule has 0 spiro atoms. The summed E-state index contributed by atoms with van der Waals surface area (Å²) in [5.74, 6) is 0.489. The first-order valence-electron chi connectivity index (χ1n) is 8.02. The molecule has 5 heteroatoms. The summed E-state index contributed by atoms with van der Waals surface area (Å²) in [6, 6.07) is 9.72. The summed E-state index contributed by atoms with van der Waals surface area (Å²) in [6.07, 6.45) is 4.85. The summed E-state index contributed by atoms with van der Waals surface area (Å²) in [7, 11) is 0. The van der Waals surface area contributed by atoms with Gasteiger partial charge in [-0.15, -0.1) is 0 Å². The molecule has 23 heavy (non-hydrogen) atoms. The van der Waals surface area contributed by atoms with Crippen molar-refractivity contribution >= 4 is 5.91 Å². The topological polar surface area (TPSA) is 72.9 Å². The van der Waals surface area contributed by atoms with Gasteiger partial charge in [0, 0.05) is 24.5 Å². The van der Waals surface area contributed by atoms with E-state index in [0.29, 0.717) is 18.9 Å². The smallest absolute Gasteiger partial charge is 0.224 e. The number of hydrogen-bond donors (Lipinski definition) is 2. The van der Waals surface area contributed by atoms with Crippen LogP contribution in [0.4, 0.5) is 0 Å². The van der Waals surface area contributed by atoms with Crippen molar-refractivity contribution in [3.05, 3.63) is 48.3 Å². The average molecular weight is 314 g/mol. The van der Waals surface area contributed by atoms with Gasteiger partial charge in [-0.3, -0.25) is 4.79 Å². The van der Waals surface area contributed by atoms with E-state index in [1.807, 2.05) is 43.5 Å². The Hall–Kier alpha value is -2.14. The van der Waals surface area contributed by atoms with E-state index in [-0.39, 0.29) is 11.4 Å². The monoisotopic (exact) mass is 314 g/mol. The molecule has 0 radical (unpaired) electrons. The van der Waals surface area contributed by atoms with Crippen molar-refractivity contribution in [2.45, 2.75) is 39.2 Å². The van der Waals surface area contributed by atoms with Crippen LogP contribution < -0.4 is 11.1 Å². The van der Waals surface area contributed by atoms with Crippen LogP contribution in [-0.2, 0) is 11.2 Å². The molecule has 1 aromatic carbocycles. The molecule has 0 aliphatic heterocycles. The van der Waals surface area contributed by atoms with Gasteiger partial charge in [0.05, 0.1) is 12.1 Å². The van der Waals surface area contributed by atoms with Crippen LogP contribution in [0.25, 0.3) is 5.69 Å². The molecule has 0 saturated heterocycles. The summed E-state index contributed by atoms with van der Waals surface area (Å²) in [4.78, 5) is 12.3. The molecule has 1 unspecified atom stereocenters. The molecule has 0 fully saturated rings. The van der Waals surface area contributed by atoms with Gasteiger partial charge in [0.1, 0.15) is 0 Å². The lowest BCUT2D eigenvalue weighted by Gasteiger charge is -2.31. The molecular weight excluding hydrogens is 288 g/mol. The fourth-order valence-corrected chi connectivity index (χ4v) is 2.84. The minimum absolute atomic E-state index is 0.00504. The van der Waals surface area contributed by atoms with Gasteiger partial charge in [0.25, 0.3) is 0 Å². The first kappa shape index (κ1) is 17.2. The van der Waals surface area contributed by atoms with Crippen LogP contribution in [0.3, 0.4) is 0 Å². The maximum atomic E-state index is 12.3. The molecule has 0 aliphatic rings. The first-order valence-corrected chi connectivity index (χ1v) is 8.02. The third-order valence-corrected chi connectivity index (χ3v) is 3.82. The summed E-state index contributed by atoms with van der Waals surface area (Å²) in [5, 5.41) is 7.27. The number of carbonyl (C=O) groups excluding carboxylic acids is 1. The van der Waals surface area contributed by atoms with E-state index in [0.717, 1.165) is 17.7 Å². The van der Waals surface area contributed by atoms with Crippen LogP contribution in [-0.4, -0.2) is 27.8 Å². The number of nitrogens with one attached hydrogen (secondary N) is 1. The molecule has 1 amide bonds. The SMILES string of the molecule is CC(C)CC(C)(CN)NC(=O)Cc1ccc(-n2cccn2)cc1. The summed E-state index contributed by atoms with van der Waals surface area (Å²) in [6.45, 7) is 6.71. The van der Waals surface area contributed by atoms with Crippen LogP contribution in [0.2, 0.25) is 0 Å². The van der Waals surface area contributed by atoms with Crippen molar-refractivity contribution in [3.8, 4) is 5.69 Å². The highest BCUT2D eigenvalue weighted by Gasteiger charge is 2.25. The van der Waals surface area contributed by atoms with E-state index in [1.54, 1.807) is 10.9 Å². The van der Waals surface area contributed by atoms with Gasteiger partial charge in [0.2, 0.25) is 5.91 Å². The van der Waals surface area contributed by atoms with Crippen LogP contribution >= 0.6 is 0 Å². The predicted octanol–water partition coefficient (Wildman–Crippen LogP) is 2.29. The third kappa shape index (κ3) is 4.93. The molecule has 0 aliphatic carbocycles. The Morgan fingerprint density at radius 1 is 1.35 bits per heavy atom. The number of nitrogens with two attached hydrogens (primary N) is 1. The molecule has 1 heterocycles. The number of aromatic nitrogens is 2. The van der Waals surface area contributed by atoms with E-state index >= 15 is 0 Å². The van der Waals surface area contributed by atoms with Crippen LogP contribution in [0.5, 0.6) is 0 Å². The number of carbonyl (C=O) groups is 1. The Morgan fingerprint density at radius 3 is 2.57 bits per heavy atom. The largest absolute Gasteiger partial charge is 0.349 e. The maximum Gasteiger partial charge on any atom is 0.224 e. The molecule has 124 valence electrons. The summed E-state index contributed by atoms with van der Waals surface area (Å²) in [5.41, 5.74) is 7.45. The Labute approximate surface area is 137 Å². The zero-order valence-electron chi connectivity index (χ0n) is 14.1. The van der Waals surface area contributed by atoms with E-state index in [1.165, 1.54) is 0 Å². The zero-order chi connectivity index (χ0) is 16.9. The van der Waals surface area contributed by atoms with Crippen molar-refractivity contribution in [1.29, 1.82) is 0 Å². The van der Waals surface area contributed by atoms with Crippen LogP contribution in [0, 0.1) is 5.92 Å². The van der Waals surface area contributed by atoms with Gasteiger partial charge in [-0.2, -0.15) is 5.10 Å². The van der Waals surface area contributed by atoms with Crippen molar-refractivity contribution in [3.63, 3.8) is 0 Å². The number of benzene rings is 1. The minimum atomic E-state index is -0.347. The van der Waals surface area contributed by atoms with Gasteiger partial charge in [-0.1, -0.05) is 26.0 Å². The third-order valence-electron chi connectivity index (χ3n) is 3.82. The van der Waals surface area contributed by atoms with E-state index in [2.05, 4.69) is 24.3 Å². The Kier molecular flexibility index (Phi) is 5.55. The number of nitrogens with zero attached hydrogens (tertiary/aromatic N) is 2. The van der Waals surface area contributed by atoms with Gasteiger partial charge >= 0.3 is 0 Å². The maximum absolute atomic E-state index is 12.3. The Bertz CT molecular complexity index is 619. The Balaban J connectivity index is 1.97. The van der Waals surface area contributed by atoms with Gasteiger partial charge in [-0.25, -0.2) is 4.68 Å². The molecule has 5 nitrogen and oxygen atoms in total. The highest BCUT2D eigenvalue weighted by Crippen LogP contribution is 2.16. The second-order valence-corrected chi connectivity index (χ2v) is 6.70. The van der Waals surface area contributed by atoms with E-state index < -0.39 is 0 Å². The van der Waals surface area contributed by atoms with E-state index in [4.69, 9.17) is 5.73 Å². The molecular formula is C18H26N4O. The first-order chi connectivity index (χ1) is 10.9. The zero-order valence-corrected chi connectivity index (χ0v) is 14.1. The molecule has 2 rings (SSSR count). The van der Waals surface area contributed by atoms with E-state index in [9.17, 15) is 4.79 Å². The molecule has 0 bridgehead atoms. The molecule has 3 N–H and O–H groups in total. The quantitative estimate of drug-likeness (QED) is 0.823. The van der Waals surface area contributed by atoms with Gasteiger partial charge in [-0.05, 0) is 43.0 Å². The highest BCUT2D eigenvalue weighted by molar-refractivity contribution is 5.79. The van der Waals surface area contributed by atoms with Gasteiger partial charge in [0.15, 0.2) is 0 Å². The lowest BCUT2D eigenvalue weighted by atomic mass is 9.90. The second-order valence-electron chi connectivity index (χ2n) is 6.70. The fraction of sp³-hybridized carbons (Fsp3) is 0.444. The number of rotatable bonds is 7. The summed E-state index contributed by atoms with van der Waals surface area (Å²) < 4.78 is 1.79. The fourth-order valence-electron chi connectivity index (χ4n) is 2.84. The van der Waals surface area contributed by atoms with Crippen LogP contribution in [0.1, 0.15) is 32.8 Å². The number of hydrogen-bond acceptors (Lipinski definition) is 3. The van der Waals surface area contributed by atoms with Gasteiger partial charge < -0.3 is 11.1 Å². The average Bonchev–Trinajstić information content (AvgIpc) is 3.01. The predicted molar refractivity (Wildman–Crippen MR) is 92.3 cm³/mol. The van der Waals surface area contributed by atoms with Crippen molar-refractivity contribution < 1.29 is 4.79 Å². The highest BCUT2D eigenvalue weighted by atomic mass is 16.1. The number of amides is 1. The van der Waals surface area contributed by atoms with Crippen molar-refractivity contribution in [1.82, 2.24) is 15.1 Å². The molecule has 1 aromatic heterocycles. The molecule has 1 atom stereocenters.